The monoisotopic (exact) mass is 463 g/mol. The molecule has 3 rings (SSSR count). The molecule has 27 heavy (non-hydrogen) atoms. The fourth-order valence-electron chi connectivity index (χ4n) is 2.81. The first kappa shape index (κ1) is 21.6. The molecule has 0 saturated carbocycles. The summed E-state index contributed by atoms with van der Waals surface area (Å²) in [7, 11) is 4.10. The fraction of sp³-hybridized carbons (Fsp3) is 0.136. The fourth-order valence-corrected chi connectivity index (χ4v) is 3.37. The van der Waals surface area contributed by atoms with E-state index in [0.717, 1.165) is 22.1 Å². The summed E-state index contributed by atoms with van der Waals surface area (Å²) in [6, 6.07) is 21.2. The van der Waals surface area contributed by atoms with Gasteiger partial charge >= 0.3 is 0 Å². The SMILES string of the molecule is CN(C)Cc1ccc(-c2ccc(C(=O)c3ccc(Br)cc3)cc2Cl)cc1.Cl. The van der Waals surface area contributed by atoms with Crippen LogP contribution in [0.25, 0.3) is 11.1 Å². The highest BCUT2D eigenvalue weighted by molar-refractivity contribution is 9.10. The maximum Gasteiger partial charge on any atom is 0.193 e. The van der Waals surface area contributed by atoms with Crippen molar-refractivity contribution in [2.45, 2.75) is 6.54 Å². The number of nitrogens with zero attached hydrogens (tertiary/aromatic N) is 1. The summed E-state index contributed by atoms with van der Waals surface area (Å²) in [6.07, 6.45) is 0. The first-order valence-electron chi connectivity index (χ1n) is 8.28. The smallest absolute Gasteiger partial charge is 0.193 e. The molecule has 0 heterocycles. The molecule has 0 atom stereocenters. The van der Waals surface area contributed by atoms with E-state index < -0.39 is 0 Å². The van der Waals surface area contributed by atoms with Gasteiger partial charge < -0.3 is 4.90 Å². The molecule has 0 aliphatic rings. The number of benzene rings is 3. The van der Waals surface area contributed by atoms with E-state index in [1.165, 1.54) is 5.56 Å². The molecule has 0 fully saturated rings. The number of carbonyl (C=O) groups excluding carboxylic acids is 1. The molecule has 5 heteroatoms. The van der Waals surface area contributed by atoms with Crippen LogP contribution in [-0.4, -0.2) is 24.8 Å². The normalized spacial score (nSPS) is 10.6. The Morgan fingerprint density at radius 2 is 1.52 bits per heavy atom. The Balaban J connectivity index is 0.00000261. The average molecular weight is 465 g/mol. The van der Waals surface area contributed by atoms with Gasteiger partial charge in [0, 0.05) is 32.7 Å². The zero-order valence-corrected chi connectivity index (χ0v) is 18.2. The van der Waals surface area contributed by atoms with Gasteiger partial charge in [0.2, 0.25) is 0 Å². The van der Waals surface area contributed by atoms with Crippen LogP contribution in [0.1, 0.15) is 21.5 Å². The van der Waals surface area contributed by atoms with Gasteiger partial charge in [0.1, 0.15) is 0 Å². The molecule has 0 aliphatic carbocycles. The van der Waals surface area contributed by atoms with E-state index in [4.69, 9.17) is 11.6 Å². The van der Waals surface area contributed by atoms with Crippen molar-refractivity contribution in [2.75, 3.05) is 14.1 Å². The van der Waals surface area contributed by atoms with E-state index in [-0.39, 0.29) is 18.2 Å². The highest BCUT2D eigenvalue weighted by atomic mass is 79.9. The van der Waals surface area contributed by atoms with Crippen molar-refractivity contribution in [3.8, 4) is 11.1 Å². The van der Waals surface area contributed by atoms with Gasteiger partial charge in [0.25, 0.3) is 0 Å². The lowest BCUT2D eigenvalue weighted by Gasteiger charge is -2.11. The lowest BCUT2D eigenvalue weighted by molar-refractivity contribution is 0.103. The van der Waals surface area contributed by atoms with Crippen LogP contribution in [0.3, 0.4) is 0 Å². The molecule has 0 unspecified atom stereocenters. The topological polar surface area (TPSA) is 20.3 Å². The number of carbonyl (C=O) groups is 1. The molecule has 0 spiro atoms. The van der Waals surface area contributed by atoms with Crippen molar-refractivity contribution in [3.63, 3.8) is 0 Å². The van der Waals surface area contributed by atoms with Crippen LogP contribution in [0, 0.1) is 0 Å². The van der Waals surface area contributed by atoms with Crippen molar-refractivity contribution in [1.29, 1.82) is 0 Å². The molecule has 140 valence electrons. The second-order valence-corrected chi connectivity index (χ2v) is 7.79. The van der Waals surface area contributed by atoms with Gasteiger partial charge in [-0.1, -0.05) is 63.9 Å². The third kappa shape index (κ3) is 5.43. The van der Waals surface area contributed by atoms with Gasteiger partial charge in [0.15, 0.2) is 5.78 Å². The van der Waals surface area contributed by atoms with Gasteiger partial charge in [-0.2, -0.15) is 0 Å². The molecule has 0 bridgehead atoms. The zero-order valence-electron chi connectivity index (χ0n) is 15.1. The predicted octanol–water partition coefficient (Wildman–Crippen LogP) is 6.48. The minimum atomic E-state index is -0.0349. The second kappa shape index (κ2) is 9.52. The maximum atomic E-state index is 12.6. The number of rotatable bonds is 5. The van der Waals surface area contributed by atoms with Crippen LogP contribution in [0.5, 0.6) is 0 Å². The van der Waals surface area contributed by atoms with Gasteiger partial charge in [-0.05, 0) is 55.6 Å². The van der Waals surface area contributed by atoms with E-state index in [9.17, 15) is 4.79 Å². The lowest BCUT2D eigenvalue weighted by Crippen LogP contribution is -2.10. The zero-order chi connectivity index (χ0) is 18.7. The highest BCUT2D eigenvalue weighted by Crippen LogP contribution is 2.30. The summed E-state index contributed by atoms with van der Waals surface area (Å²) < 4.78 is 0.945. The van der Waals surface area contributed by atoms with E-state index in [1.54, 1.807) is 18.2 Å². The van der Waals surface area contributed by atoms with Crippen LogP contribution in [0.4, 0.5) is 0 Å². The predicted molar refractivity (Wildman–Crippen MR) is 119 cm³/mol. The van der Waals surface area contributed by atoms with Crippen molar-refractivity contribution in [1.82, 2.24) is 4.90 Å². The maximum absolute atomic E-state index is 12.6. The van der Waals surface area contributed by atoms with Crippen LogP contribution in [-0.2, 0) is 6.54 Å². The molecule has 0 radical (unpaired) electrons. The van der Waals surface area contributed by atoms with E-state index in [1.807, 2.05) is 38.4 Å². The Bertz CT molecular complexity index is 922. The number of hydrogen-bond donors (Lipinski definition) is 0. The first-order valence-corrected chi connectivity index (χ1v) is 9.45. The molecule has 0 amide bonds. The molecule has 0 aliphatic heterocycles. The molecular weight excluding hydrogens is 445 g/mol. The van der Waals surface area contributed by atoms with Crippen molar-refractivity contribution < 1.29 is 4.79 Å². The van der Waals surface area contributed by atoms with E-state index >= 15 is 0 Å². The van der Waals surface area contributed by atoms with Gasteiger partial charge in [-0.25, -0.2) is 0 Å². The Hall–Kier alpha value is -1.65. The van der Waals surface area contributed by atoms with Gasteiger partial charge in [-0.15, -0.1) is 12.4 Å². The molecule has 3 aromatic rings. The Kier molecular flexibility index (Phi) is 7.63. The minimum Gasteiger partial charge on any atom is -0.305 e. The van der Waals surface area contributed by atoms with Crippen LogP contribution in [0.15, 0.2) is 71.2 Å². The summed E-state index contributed by atoms with van der Waals surface area (Å²) in [6.45, 7) is 0.897. The molecule has 0 saturated heterocycles. The molecule has 2 nitrogen and oxygen atoms in total. The Labute approximate surface area is 179 Å². The van der Waals surface area contributed by atoms with Crippen molar-refractivity contribution in [3.05, 3.63) is 92.9 Å². The Morgan fingerprint density at radius 3 is 2.07 bits per heavy atom. The molecular formula is C22H20BrCl2NO. The first-order chi connectivity index (χ1) is 12.4. The van der Waals surface area contributed by atoms with Crippen molar-refractivity contribution in [2.24, 2.45) is 0 Å². The van der Waals surface area contributed by atoms with E-state index in [2.05, 4.69) is 45.1 Å². The van der Waals surface area contributed by atoms with Gasteiger partial charge in [0.05, 0.1) is 0 Å². The minimum absolute atomic E-state index is 0. The third-order valence-corrected chi connectivity index (χ3v) is 4.94. The third-order valence-electron chi connectivity index (χ3n) is 4.10. The molecule has 0 N–H and O–H groups in total. The van der Waals surface area contributed by atoms with Crippen molar-refractivity contribution >= 4 is 45.7 Å². The quantitative estimate of drug-likeness (QED) is 0.402. The van der Waals surface area contributed by atoms with Crippen LogP contribution in [0.2, 0.25) is 5.02 Å². The molecule has 0 aromatic heterocycles. The van der Waals surface area contributed by atoms with Crippen LogP contribution >= 0.6 is 39.9 Å². The Morgan fingerprint density at radius 1 is 0.926 bits per heavy atom. The summed E-state index contributed by atoms with van der Waals surface area (Å²) in [4.78, 5) is 14.8. The second-order valence-electron chi connectivity index (χ2n) is 6.47. The lowest BCUT2D eigenvalue weighted by atomic mass is 9.98. The summed E-state index contributed by atoms with van der Waals surface area (Å²) >= 11 is 9.86. The van der Waals surface area contributed by atoms with Gasteiger partial charge in [-0.3, -0.25) is 4.79 Å². The standard InChI is InChI=1S/C22H19BrClNO.ClH/c1-25(2)14-15-3-5-16(6-4-15)20-12-9-18(13-21(20)24)22(26)17-7-10-19(23)11-8-17;/h3-13H,14H2,1-2H3;1H. The van der Waals surface area contributed by atoms with E-state index in [0.29, 0.717) is 16.1 Å². The number of hydrogen-bond acceptors (Lipinski definition) is 2. The number of halogens is 3. The summed E-state index contributed by atoms with van der Waals surface area (Å²) in [5, 5.41) is 0.577. The summed E-state index contributed by atoms with van der Waals surface area (Å²) in [5.41, 5.74) is 4.45. The molecule has 3 aromatic carbocycles. The number of ketones is 1. The highest BCUT2D eigenvalue weighted by Gasteiger charge is 2.12. The largest absolute Gasteiger partial charge is 0.305 e. The van der Waals surface area contributed by atoms with Crippen LogP contribution < -0.4 is 0 Å². The average Bonchev–Trinajstić information content (AvgIpc) is 2.62. The summed E-state index contributed by atoms with van der Waals surface area (Å²) in [5.74, 6) is -0.0349.